The van der Waals surface area contributed by atoms with Crippen LogP contribution in [0.15, 0.2) is 66.7 Å². The third-order valence-corrected chi connectivity index (χ3v) is 5.39. The molecule has 0 saturated heterocycles. The SMILES string of the molecule is COc1cccc(OC)c1C(=O)Pc1ccc(Oc2ccccc2)cc1C.[Li]. The summed E-state index contributed by atoms with van der Waals surface area (Å²) in [7, 11) is 3.07. The minimum Gasteiger partial charge on any atom is -0.496 e. The predicted octanol–water partition coefficient (Wildman–Crippen LogP) is 4.57. The number of carbonyl (C=O) groups is 1. The molecule has 6 heteroatoms. The molecular formula is C22H21LiO4P. The van der Waals surface area contributed by atoms with Crippen molar-refractivity contribution < 1.29 is 19.0 Å². The molecule has 1 unspecified atom stereocenters. The van der Waals surface area contributed by atoms with E-state index in [1.165, 1.54) is 0 Å². The van der Waals surface area contributed by atoms with E-state index in [-0.39, 0.29) is 33.0 Å². The maximum atomic E-state index is 12.9. The summed E-state index contributed by atoms with van der Waals surface area (Å²) in [5, 5.41) is 0.966. The monoisotopic (exact) mass is 387 g/mol. The van der Waals surface area contributed by atoms with E-state index < -0.39 is 0 Å². The second kappa shape index (κ2) is 10.3. The van der Waals surface area contributed by atoms with Crippen LogP contribution in [0.4, 0.5) is 0 Å². The second-order valence-electron chi connectivity index (χ2n) is 5.88. The molecule has 0 aliphatic rings. The molecular weight excluding hydrogens is 366 g/mol. The largest absolute Gasteiger partial charge is 0.496 e. The van der Waals surface area contributed by atoms with Crippen molar-refractivity contribution in [3.05, 3.63) is 77.9 Å². The van der Waals surface area contributed by atoms with Crippen molar-refractivity contribution in [3.63, 3.8) is 0 Å². The first-order valence-corrected chi connectivity index (χ1v) is 9.48. The van der Waals surface area contributed by atoms with Gasteiger partial charge in [-0.1, -0.05) is 30.3 Å². The van der Waals surface area contributed by atoms with Gasteiger partial charge in [-0.15, -0.1) is 0 Å². The molecule has 0 amide bonds. The van der Waals surface area contributed by atoms with Crippen molar-refractivity contribution in [2.75, 3.05) is 14.2 Å². The third kappa shape index (κ3) is 5.18. The van der Waals surface area contributed by atoms with E-state index in [9.17, 15) is 4.79 Å². The van der Waals surface area contributed by atoms with Crippen molar-refractivity contribution in [3.8, 4) is 23.0 Å². The summed E-state index contributed by atoms with van der Waals surface area (Å²) < 4.78 is 16.5. The number of carbonyl (C=O) groups excluding carboxylic acids is 1. The van der Waals surface area contributed by atoms with Crippen molar-refractivity contribution in [1.29, 1.82) is 0 Å². The van der Waals surface area contributed by atoms with Crippen LogP contribution < -0.4 is 19.5 Å². The second-order valence-corrected chi connectivity index (χ2v) is 7.13. The Balaban J connectivity index is 0.00000280. The zero-order chi connectivity index (χ0) is 19.2. The summed E-state index contributed by atoms with van der Waals surface area (Å²) in [6.45, 7) is 1.98. The molecule has 4 nitrogen and oxygen atoms in total. The van der Waals surface area contributed by atoms with Crippen LogP contribution in [-0.4, -0.2) is 38.6 Å². The first-order chi connectivity index (χ1) is 13.1. The van der Waals surface area contributed by atoms with Gasteiger partial charge < -0.3 is 14.2 Å². The first kappa shape index (κ1) is 22.1. The zero-order valence-electron chi connectivity index (χ0n) is 16.5. The van der Waals surface area contributed by atoms with E-state index in [2.05, 4.69) is 0 Å². The van der Waals surface area contributed by atoms with Crippen LogP contribution in [-0.2, 0) is 0 Å². The van der Waals surface area contributed by atoms with E-state index in [0.29, 0.717) is 17.1 Å². The Bertz CT molecular complexity index is 922. The van der Waals surface area contributed by atoms with Crippen LogP contribution >= 0.6 is 8.58 Å². The van der Waals surface area contributed by atoms with Crippen LogP contribution in [0.3, 0.4) is 0 Å². The normalized spacial score (nSPS) is 10.4. The number of aryl methyl sites for hydroxylation is 1. The molecule has 0 aromatic heterocycles. The minimum absolute atomic E-state index is 0. The Kier molecular flexibility index (Phi) is 8.14. The van der Waals surface area contributed by atoms with Gasteiger partial charge in [-0.05, 0) is 62.8 Å². The van der Waals surface area contributed by atoms with Gasteiger partial charge in [0.15, 0.2) is 5.52 Å². The number of rotatable bonds is 7. The average molecular weight is 387 g/mol. The Labute approximate surface area is 179 Å². The molecule has 139 valence electrons. The van der Waals surface area contributed by atoms with Gasteiger partial charge in [-0.2, -0.15) is 0 Å². The molecule has 3 aromatic rings. The molecule has 3 rings (SSSR count). The number of ether oxygens (including phenoxy) is 3. The molecule has 0 aliphatic heterocycles. The van der Waals surface area contributed by atoms with E-state index in [0.717, 1.165) is 22.4 Å². The Morgan fingerprint density at radius 1 is 0.821 bits per heavy atom. The van der Waals surface area contributed by atoms with Gasteiger partial charge in [0.1, 0.15) is 28.6 Å². The summed E-state index contributed by atoms with van der Waals surface area (Å²) >= 11 is 0. The Morgan fingerprint density at radius 3 is 2.04 bits per heavy atom. The van der Waals surface area contributed by atoms with Gasteiger partial charge in [0.05, 0.1) is 14.2 Å². The fraction of sp³-hybridized carbons (Fsp3) is 0.136. The number of benzene rings is 3. The molecule has 0 bridgehead atoms. The summed E-state index contributed by atoms with van der Waals surface area (Å²) in [5.74, 6) is 2.57. The molecule has 0 heterocycles. The standard InChI is InChI=1S/C22H21O4P.Li/c1-15-14-17(26-16-8-5-4-6-9-16)12-13-20(15)27-22(23)21-18(24-2)10-7-11-19(21)25-3;/h4-14,27H,1-3H3;. The number of hydrogen-bond acceptors (Lipinski definition) is 4. The Hall–Kier alpha value is -2.24. The summed E-state index contributed by atoms with van der Waals surface area (Å²) in [4.78, 5) is 12.9. The van der Waals surface area contributed by atoms with E-state index in [1.54, 1.807) is 32.4 Å². The topological polar surface area (TPSA) is 44.8 Å². The fourth-order valence-corrected chi connectivity index (χ4v) is 3.78. The summed E-state index contributed by atoms with van der Waals surface area (Å²) in [6.07, 6.45) is 0. The van der Waals surface area contributed by atoms with Gasteiger partial charge in [0.2, 0.25) is 0 Å². The molecule has 0 N–H and O–H groups in total. The van der Waals surface area contributed by atoms with Crippen LogP contribution in [0.5, 0.6) is 23.0 Å². The fourth-order valence-electron chi connectivity index (χ4n) is 2.72. The molecule has 1 atom stereocenters. The first-order valence-electron chi connectivity index (χ1n) is 8.48. The third-order valence-electron chi connectivity index (χ3n) is 4.08. The van der Waals surface area contributed by atoms with Crippen LogP contribution in [0.1, 0.15) is 15.9 Å². The molecule has 0 saturated carbocycles. The van der Waals surface area contributed by atoms with E-state index >= 15 is 0 Å². The molecule has 0 spiro atoms. The van der Waals surface area contributed by atoms with Crippen LogP contribution in [0.25, 0.3) is 0 Å². The van der Waals surface area contributed by atoms with Gasteiger partial charge in [-0.25, -0.2) is 0 Å². The minimum atomic E-state index is -0.0368. The molecule has 0 aliphatic carbocycles. The van der Waals surface area contributed by atoms with Gasteiger partial charge >= 0.3 is 0 Å². The van der Waals surface area contributed by atoms with Crippen LogP contribution in [0, 0.1) is 6.92 Å². The van der Waals surface area contributed by atoms with Gasteiger partial charge in [0.25, 0.3) is 0 Å². The summed E-state index contributed by atoms with van der Waals surface area (Å²) in [5.41, 5.74) is 1.46. The van der Waals surface area contributed by atoms with E-state index in [1.807, 2.05) is 55.5 Å². The van der Waals surface area contributed by atoms with Crippen molar-refractivity contribution >= 4 is 38.3 Å². The smallest absolute Gasteiger partial charge is 0.193 e. The zero-order valence-corrected chi connectivity index (χ0v) is 17.5. The average Bonchev–Trinajstić information content (AvgIpc) is 2.70. The Morgan fingerprint density at radius 2 is 1.46 bits per heavy atom. The van der Waals surface area contributed by atoms with Gasteiger partial charge in [-0.3, -0.25) is 4.79 Å². The van der Waals surface area contributed by atoms with Crippen molar-refractivity contribution in [2.24, 2.45) is 0 Å². The maximum Gasteiger partial charge on any atom is 0.193 e. The van der Waals surface area contributed by atoms with Crippen molar-refractivity contribution in [1.82, 2.24) is 0 Å². The maximum absolute atomic E-state index is 12.9. The molecule has 28 heavy (non-hydrogen) atoms. The number of hydrogen-bond donors (Lipinski definition) is 0. The quantitative estimate of drug-likeness (QED) is 0.440. The molecule has 0 fully saturated rings. The number of para-hydroxylation sites is 1. The molecule has 1 radical (unpaired) electrons. The number of methoxy groups -OCH3 is 2. The van der Waals surface area contributed by atoms with E-state index in [4.69, 9.17) is 14.2 Å². The van der Waals surface area contributed by atoms with Crippen molar-refractivity contribution in [2.45, 2.75) is 6.92 Å². The summed E-state index contributed by atoms with van der Waals surface area (Å²) in [6, 6.07) is 20.7. The molecule has 3 aromatic carbocycles. The predicted molar refractivity (Wildman–Crippen MR) is 115 cm³/mol. The van der Waals surface area contributed by atoms with Crippen LogP contribution in [0.2, 0.25) is 0 Å². The van der Waals surface area contributed by atoms with Gasteiger partial charge in [0, 0.05) is 18.9 Å².